The number of hydrogen-bond acceptors (Lipinski definition) is 9. The van der Waals surface area contributed by atoms with Gasteiger partial charge in [0.1, 0.15) is 17.3 Å². The minimum Gasteiger partial charge on any atom is -0.493 e. The van der Waals surface area contributed by atoms with Crippen molar-refractivity contribution in [2.75, 3.05) is 44.6 Å². The van der Waals surface area contributed by atoms with E-state index in [1.165, 1.54) is 0 Å². The van der Waals surface area contributed by atoms with Crippen LogP contribution in [0.3, 0.4) is 0 Å². The summed E-state index contributed by atoms with van der Waals surface area (Å²) in [7, 11) is 4.70. The number of para-hydroxylation sites is 1. The molecule has 1 atom stereocenters. The van der Waals surface area contributed by atoms with Crippen molar-refractivity contribution in [1.82, 2.24) is 15.3 Å². The lowest BCUT2D eigenvalue weighted by Crippen LogP contribution is -2.43. The van der Waals surface area contributed by atoms with Crippen LogP contribution >= 0.6 is 0 Å². The molecule has 1 amide bonds. The molecule has 1 aromatic heterocycles. The van der Waals surface area contributed by atoms with Crippen molar-refractivity contribution >= 4 is 23.4 Å². The molecule has 10 nitrogen and oxygen atoms in total. The first-order valence-electron chi connectivity index (χ1n) is 13.8. The second-order valence-electron chi connectivity index (χ2n) is 9.84. The highest BCUT2D eigenvalue weighted by molar-refractivity contribution is 5.79. The van der Waals surface area contributed by atoms with E-state index in [2.05, 4.69) is 20.5 Å². The highest BCUT2D eigenvalue weighted by Crippen LogP contribution is 2.40. The van der Waals surface area contributed by atoms with Crippen LogP contribution in [0, 0.1) is 5.92 Å². The number of ether oxygens (including phenoxy) is 4. The fraction of sp³-hybridized carbons (Fsp3) is 0.281. The Bertz CT molecular complexity index is 1460. The first-order chi connectivity index (χ1) is 20.6. The molecule has 0 spiro atoms. The van der Waals surface area contributed by atoms with Gasteiger partial charge in [-0.1, -0.05) is 30.3 Å². The molecule has 0 bridgehead atoms. The lowest BCUT2D eigenvalue weighted by Gasteiger charge is -2.33. The molecule has 218 valence electrons. The fourth-order valence-electron chi connectivity index (χ4n) is 4.90. The summed E-state index contributed by atoms with van der Waals surface area (Å²) >= 11 is 0. The van der Waals surface area contributed by atoms with Gasteiger partial charge in [-0.25, -0.2) is 4.98 Å². The highest BCUT2D eigenvalue weighted by Gasteiger charge is 2.26. The summed E-state index contributed by atoms with van der Waals surface area (Å²) in [5, 5.41) is 6.32. The largest absolute Gasteiger partial charge is 0.493 e. The molecule has 2 N–H and O–H groups in total. The summed E-state index contributed by atoms with van der Waals surface area (Å²) in [6, 6.07) is 22.9. The van der Waals surface area contributed by atoms with Crippen molar-refractivity contribution in [1.29, 1.82) is 0 Å². The fourth-order valence-corrected chi connectivity index (χ4v) is 4.90. The van der Waals surface area contributed by atoms with Gasteiger partial charge < -0.3 is 34.5 Å². The van der Waals surface area contributed by atoms with Gasteiger partial charge in [0.15, 0.2) is 11.5 Å². The second kappa shape index (κ2) is 13.6. The predicted molar refractivity (Wildman–Crippen MR) is 161 cm³/mol. The van der Waals surface area contributed by atoms with Gasteiger partial charge in [-0.15, -0.1) is 0 Å². The Morgan fingerprint density at radius 2 is 1.64 bits per heavy atom. The molecule has 0 aliphatic carbocycles. The smallest absolute Gasteiger partial charge is 0.229 e. The summed E-state index contributed by atoms with van der Waals surface area (Å²) in [5.74, 6) is 4.17. The first-order valence-corrected chi connectivity index (χ1v) is 13.8. The van der Waals surface area contributed by atoms with E-state index in [9.17, 15) is 4.79 Å². The zero-order chi connectivity index (χ0) is 29.3. The van der Waals surface area contributed by atoms with Crippen LogP contribution in [0.15, 0.2) is 79.0 Å². The maximum atomic E-state index is 13.1. The van der Waals surface area contributed by atoms with Crippen LogP contribution in [0.4, 0.5) is 17.5 Å². The number of rotatable bonds is 11. The minimum atomic E-state index is -0.138. The zero-order valence-electron chi connectivity index (χ0n) is 24.0. The third-order valence-corrected chi connectivity index (χ3v) is 7.05. The average molecular weight is 570 g/mol. The highest BCUT2D eigenvalue weighted by atomic mass is 16.5. The van der Waals surface area contributed by atoms with Crippen molar-refractivity contribution in [3.63, 3.8) is 0 Å². The van der Waals surface area contributed by atoms with Crippen molar-refractivity contribution in [2.45, 2.75) is 19.4 Å². The quantitative estimate of drug-likeness (QED) is 0.240. The van der Waals surface area contributed by atoms with Gasteiger partial charge in [0.2, 0.25) is 17.6 Å². The maximum Gasteiger partial charge on any atom is 0.229 e. The van der Waals surface area contributed by atoms with E-state index in [4.69, 9.17) is 23.9 Å². The van der Waals surface area contributed by atoms with Crippen LogP contribution in [0.5, 0.6) is 28.7 Å². The molecule has 42 heavy (non-hydrogen) atoms. The monoisotopic (exact) mass is 569 g/mol. The molecule has 0 saturated carbocycles. The summed E-state index contributed by atoms with van der Waals surface area (Å²) in [6.07, 6.45) is 3.43. The van der Waals surface area contributed by atoms with E-state index in [0.717, 1.165) is 42.3 Å². The Hall–Kier alpha value is -4.99. The summed E-state index contributed by atoms with van der Waals surface area (Å²) in [4.78, 5) is 24.3. The van der Waals surface area contributed by atoms with Crippen molar-refractivity contribution in [2.24, 2.45) is 5.92 Å². The van der Waals surface area contributed by atoms with E-state index in [1.54, 1.807) is 39.7 Å². The average Bonchev–Trinajstić information content (AvgIpc) is 3.04. The number of carbonyl (C=O) groups is 1. The standard InChI is InChI=1S/C32H35N5O5/c1-39-27-18-24(19-28(40-2)30(27)41-3)35-32-33-16-15-29(36-32)37-17-7-8-23(21-37)31(38)34-20-22-11-13-26(14-12-22)42-25-9-5-4-6-10-25/h4-6,9-16,18-19,23H,7-8,17,20-21H2,1-3H3,(H,34,38)(H,33,35,36). The lowest BCUT2D eigenvalue weighted by atomic mass is 9.97. The number of hydrogen-bond donors (Lipinski definition) is 2. The number of nitrogens with one attached hydrogen (secondary N) is 2. The molecular formula is C32H35N5O5. The number of carbonyl (C=O) groups excluding carboxylic acids is 1. The molecule has 1 aliphatic rings. The Balaban J connectivity index is 1.18. The molecule has 1 fully saturated rings. The van der Waals surface area contributed by atoms with Gasteiger partial charge in [0, 0.05) is 43.7 Å². The van der Waals surface area contributed by atoms with Crippen molar-refractivity contribution in [3.05, 3.63) is 84.6 Å². The van der Waals surface area contributed by atoms with Crippen LogP contribution in [-0.4, -0.2) is 50.3 Å². The van der Waals surface area contributed by atoms with E-state index in [0.29, 0.717) is 42.0 Å². The SMILES string of the molecule is COc1cc(Nc2nccc(N3CCCC(C(=O)NCc4ccc(Oc5ccccc5)cc4)C3)n2)cc(OC)c1OC. The number of piperidine rings is 1. The Morgan fingerprint density at radius 1 is 0.929 bits per heavy atom. The lowest BCUT2D eigenvalue weighted by molar-refractivity contribution is -0.125. The Morgan fingerprint density at radius 3 is 2.33 bits per heavy atom. The number of benzene rings is 3. The number of aromatic nitrogens is 2. The number of anilines is 3. The molecule has 0 radical (unpaired) electrons. The summed E-state index contributed by atoms with van der Waals surface area (Å²) < 4.78 is 22.2. The van der Waals surface area contributed by atoms with Crippen LogP contribution in [-0.2, 0) is 11.3 Å². The van der Waals surface area contributed by atoms with Gasteiger partial charge in [-0.3, -0.25) is 4.79 Å². The van der Waals surface area contributed by atoms with E-state index < -0.39 is 0 Å². The molecule has 1 saturated heterocycles. The molecule has 5 rings (SSSR count). The van der Waals surface area contributed by atoms with E-state index in [1.807, 2.05) is 60.7 Å². The van der Waals surface area contributed by atoms with Gasteiger partial charge in [-0.05, 0) is 48.7 Å². The van der Waals surface area contributed by atoms with Crippen LogP contribution in [0.2, 0.25) is 0 Å². The van der Waals surface area contributed by atoms with Crippen molar-refractivity contribution < 1.29 is 23.7 Å². The van der Waals surface area contributed by atoms with Crippen LogP contribution < -0.4 is 34.5 Å². The van der Waals surface area contributed by atoms with Gasteiger partial charge in [-0.2, -0.15) is 4.98 Å². The Labute approximate surface area is 245 Å². The molecule has 2 heterocycles. The van der Waals surface area contributed by atoms with Gasteiger partial charge >= 0.3 is 0 Å². The third kappa shape index (κ3) is 7.01. The molecule has 4 aromatic rings. The van der Waals surface area contributed by atoms with E-state index in [-0.39, 0.29) is 11.8 Å². The molecule has 1 aliphatic heterocycles. The number of nitrogens with zero attached hydrogens (tertiary/aromatic N) is 3. The molecule has 3 aromatic carbocycles. The normalized spacial score (nSPS) is 14.5. The number of methoxy groups -OCH3 is 3. The molecular weight excluding hydrogens is 534 g/mol. The molecule has 1 unspecified atom stereocenters. The zero-order valence-corrected chi connectivity index (χ0v) is 24.0. The first kappa shape index (κ1) is 28.5. The maximum absolute atomic E-state index is 13.1. The topological polar surface area (TPSA) is 107 Å². The second-order valence-corrected chi connectivity index (χ2v) is 9.84. The third-order valence-electron chi connectivity index (χ3n) is 7.05. The predicted octanol–water partition coefficient (Wildman–Crippen LogP) is 5.57. The number of amides is 1. The van der Waals surface area contributed by atoms with Gasteiger partial charge in [0.05, 0.1) is 27.2 Å². The molecule has 10 heteroatoms. The summed E-state index contributed by atoms with van der Waals surface area (Å²) in [5.41, 5.74) is 1.70. The van der Waals surface area contributed by atoms with Crippen LogP contribution in [0.1, 0.15) is 18.4 Å². The summed E-state index contributed by atoms with van der Waals surface area (Å²) in [6.45, 7) is 1.85. The van der Waals surface area contributed by atoms with Crippen molar-refractivity contribution in [3.8, 4) is 28.7 Å². The minimum absolute atomic E-state index is 0.0362. The van der Waals surface area contributed by atoms with Gasteiger partial charge in [0.25, 0.3) is 0 Å². The van der Waals surface area contributed by atoms with E-state index >= 15 is 0 Å². The Kier molecular flexibility index (Phi) is 9.23. The van der Waals surface area contributed by atoms with Crippen LogP contribution in [0.25, 0.3) is 0 Å².